The molecule has 1 heterocycles. The molecule has 118 valence electrons. The zero-order chi connectivity index (χ0) is 15.0. The molecule has 1 aliphatic heterocycles. The number of hydrogen-bond donors (Lipinski definition) is 1. The summed E-state index contributed by atoms with van der Waals surface area (Å²) in [6.07, 6.45) is 5.59. The Balaban J connectivity index is 2.23. The van der Waals surface area contributed by atoms with Crippen molar-refractivity contribution in [1.82, 2.24) is 10.2 Å². The number of carbonyl (C=O) groups excluding carboxylic acids is 1. The first-order chi connectivity index (χ1) is 9.56. The van der Waals surface area contributed by atoms with E-state index in [9.17, 15) is 4.79 Å². The van der Waals surface area contributed by atoms with E-state index in [0.29, 0.717) is 18.6 Å². The maximum absolute atomic E-state index is 12.0. The van der Waals surface area contributed by atoms with Crippen LogP contribution in [0, 0.1) is 5.92 Å². The predicted molar refractivity (Wildman–Crippen MR) is 82.8 cm³/mol. The summed E-state index contributed by atoms with van der Waals surface area (Å²) >= 11 is 0. The Kier molecular flexibility index (Phi) is 8.15. The van der Waals surface area contributed by atoms with Gasteiger partial charge in [0.15, 0.2) is 0 Å². The van der Waals surface area contributed by atoms with Gasteiger partial charge in [0.1, 0.15) is 6.04 Å². The van der Waals surface area contributed by atoms with E-state index in [1.807, 2.05) is 6.92 Å². The second-order valence-corrected chi connectivity index (χ2v) is 6.16. The van der Waals surface area contributed by atoms with Crippen LogP contribution in [0.1, 0.15) is 52.9 Å². The van der Waals surface area contributed by atoms with Crippen molar-refractivity contribution in [3.8, 4) is 0 Å². The molecule has 1 aliphatic rings. The number of esters is 1. The maximum atomic E-state index is 12.0. The minimum absolute atomic E-state index is 0.0986. The van der Waals surface area contributed by atoms with Gasteiger partial charge in [0, 0.05) is 6.04 Å². The first-order valence-corrected chi connectivity index (χ1v) is 8.18. The Morgan fingerprint density at radius 1 is 1.35 bits per heavy atom. The molecular weight excluding hydrogens is 252 g/mol. The quantitative estimate of drug-likeness (QED) is 0.695. The average molecular weight is 284 g/mol. The van der Waals surface area contributed by atoms with Gasteiger partial charge in [0.25, 0.3) is 0 Å². The lowest BCUT2D eigenvalue weighted by Crippen LogP contribution is -2.42. The van der Waals surface area contributed by atoms with Gasteiger partial charge in [-0.2, -0.15) is 0 Å². The van der Waals surface area contributed by atoms with E-state index in [-0.39, 0.29) is 12.0 Å². The topological polar surface area (TPSA) is 41.6 Å². The molecule has 4 nitrogen and oxygen atoms in total. The number of likely N-dealkylation sites (tertiary alicyclic amines) is 1. The smallest absolute Gasteiger partial charge is 0.322 e. The molecule has 1 fully saturated rings. The second kappa shape index (κ2) is 9.35. The molecular formula is C16H32N2O2. The van der Waals surface area contributed by atoms with E-state index < -0.39 is 0 Å². The van der Waals surface area contributed by atoms with Crippen LogP contribution in [-0.2, 0) is 9.53 Å². The minimum Gasteiger partial charge on any atom is -0.464 e. The summed E-state index contributed by atoms with van der Waals surface area (Å²) in [6, 6.07) is 0.226. The number of carbonyl (C=O) groups is 1. The van der Waals surface area contributed by atoms with Gasteiger partial charge in [0.05, 0.1) is 6.61 Å². The molecule has 0 aromatic carbocycles. The van der Waals surface area contributed by atoms with Crippen molar-refractivity contribution in [2.24, 2.45) is 5.92 Å². The molecule has 0 aliphatic carbocycles. The third-order valence-corrected chi connectivity index (χ3v) is 4.27. The van der Waals surface area contributed by atoms with Crippen LogP contribution in [0.2, 0.25) is 0 Å². The van der Waals surface area contributed by atoms with Crippen molar-refractivity contribution in [2.45, 2.75) is 65.0 Å². The molecule has 2 unspecified atom stereocenters. The summed E-state index contributed by atoms with van der Waals surface area (Å²) in [6.45, 7) is 9.06. The van der Waals surface area contributed by atoms with Gasteiger partial charge in [0.2, 0.25) is 0 Å². The fourth-order valence-corrected chi connectivity index (χ4v) is 2.73. The van der Waals surface area contributed by atoms with E-state index in [4.69, 9.17) is 4.74 Å². The standard InChI is InChI=1S/C16H32N2O2/c1-5-7-15(6-2)17-13(3)16(19)20-12-14-8-10-18(4)11-9-14/h13-15,17H,5-12H2,1-4H3. The summed E-state index contributed by atoms with van der Waals surface area (Å²) in [5.41, 5.74) is 0. The lowest BCUT2D eigenvalue weighted by molar-refractivity contribution is -0.147. The van der Waals surface area contributed by atoms with Crippen LogP contribution in [-0.4, -0.2) is 49.7 Å². The molecule has 0 amide bonds. The monoisotopic (exact) mass is 284 g/mol. The van der Waals surface area contributed by atoms with Crippen molar-refractivity contribution in [3.05, 3.63) is 0 Å². The number of ether oxygens (including phenoxy) is 1. The summed E-state index contributed by atoms with van der Waals surface area (Å²) < 4.78 is 5.48. The summed E-state index contributed by atoms with van der Waals surface area (Å²) in [5, 5.41) is 3.38. The Bertz CT molecular complexity index is 276. The average Bonchev–Trinajstić information content (AvgIpc) is 2.45. The Hall–Kier alpha value is -0.610. The zero-order valence-corrected chi connectivity index (χ0v) is 13.7. The Labute approximate surface area is 124 Å². The van der Waals surface area contributed by atoms with Gasteiger partial charge in [-0.3, -0.25) is 4.79 Å². The number of rotatable bonds is 8. The molecule has 4 heteroatoms. The zero-order valence-electron chi connectivity index (χ0n) is 13.7. The molecule has 1 saturated heterocycles. The largest absolute Gasteiger partial charge is 0.464 e. The Morgan fingerprint density at radius 2 is 2.00 bits per heavy atom. The highest BCUT2D eigenvalue weighted by molar-refractivity contribution is 5.75. The molecule has 1 N–H and O–H groups in total. The third-order valence-electron chi connectivity index (χ3n) is 4.27. The molecule has 0 aromatic rings. The third kappa shape index (κ3) is 6.23. The first kappa shape index (κ1) is 17.4. The molecule has 0 aromatic heterocycles. The number of hydrogen-bond acceptors (Lipinski definition) is 4. The summed E-state index contributed by atoms with van der Waals surface area (Å²) in [5.74, 6) is 0.443. The highest BCUT2D eigenvalue weighted by Crippen LogP contribution is 2.16. The fraction of sp³-hybridized carbons (Fsp3) is 0.938. The SMILES string of the molecule is CCCC(CC)NC(C)C(=O)OCC1CCN(C)CC1. The van der Waals surface area contributed by atoms with Gasteiger partial charge in [-0.05, 0) is 58.7 Å². The molecule has 1 rings (SSSR count). The second-order valence-electron chi connectivity index (χ2n) is 6.16. The molecule has 0 saturated carbocycles. The first-order valence-electron chi connectivity index (χ1n) is 8.18. The highest BCUT2D eigenvalue weighted by Gasteiger charge is 2.21. The van der Waals surface area contributed by atoms with Crippen LogP contribution in [0.15, 0.2) is 0 Å². The van der Waals surface area contributed by atoms with Crippen molar-refractivity contribution in [3.63, 3.8) is 0 Å². The van der Waals surface area contributed by atoms with Crippen LogP contribution >= 0.6 is 0 Å². The van der Waals surface area contributed by atoms with E-state index in [1.54, 1.807) is 0 Å². The summed E-state index contributed by atoms with van der Waals surface area (Å²) in [4.78, 5) is 14.3. The van der Waals surface area contributed by atoms with E-state index in [1.165, 1.54) is 0 Å². The van der Waals surface area contributed by atoms with Crippen LogP contribution in [0.4, 0.5) is 0 Å². The number of nitrogens with one attached hydrogen (secondary N) is 1. The van der Waals surface area contributed by atoms with E-state index in [0.717, 1.165) is 45.2 Å². The fourth-order valence-electron chi connectivity index (χ4n) is 2.73. The normalized spacial score (nSPS) is 20.6. The molecule has 20 heavy (non-hydrogen) atoms. The molecule has 0 spiro atoms. The van der Waals surface area contributed by atoms with Gasteiger partial charge < -0.3 is 15.0 Å². The maximum Gasteiger partial charge on any atom is 0.322 e. The van der Waals surface area contributed by atoms with Crippen molar-refractivity contribution >= 4 is 5.97 Å². The van der Waals surface area contributed by atoms with E-state index in [2.05, 4.69) is 31.1 Å². The Morgan fingerprint density at radius 3 is 2.55 bits per heavy atom. The molecule has 2 atom stereocenters. The molecule has 0 radical (unpaired) electrons. The predicted octanol–water partition coefficient (Wildman–Crippen LogP) is 2.43. The molecule has 0 bridgehead atoms. The number of piperidine rings is 1. The van der Waals surface area contributed by atoms with Crippen LogP contribution in [0.25, 0.3) is 0 Å². The summed E-state index contributed by atoms with van der Waals surface area (Å²) in [7, 11) is 2.15. The lowest BCUT2D eigenvalue weighted by Gasteiger charge is -2.29. The van der Waals surface area contributed by atoms with Crippen molar-refractivity contribution in [1.29, 1.82) is 0 Å². The van der Waals surface area contributed by atoms with Crippen LogP contribution < -0.4 is 5.32 Å². The lowest BCUT2D eigenvalue weighted by atomic mass is 9.98. The van der Waals surface area contributed by atoms with E-state index >= 15 is 0 Å². The van der Waals surface area contributed by atoms with Gasteiger partial charge >= 0.3 is 5.97 Å². The van der Waals surface area contributed by atoms with Gasteiger partial charge in [-0.15, -0.1) is 0 Å². The van der Waals surface area contributed by atoms with Crippen LogP contribution in [0.3, 0.4) is 0 Å². The van der Waals surface area contributed by atoms with Crippen molar-refractivity contribution < 1.29 is 9.53 Å². The minimum atomic E-state index is -0.197. The van der Waals surface area contributed by atoms with Gasteiger partial charge in [-0.1, -0.05) is 20.3 Å². The number of nitrogens with zero attached hydrogens (tertiary/aromatic N) is 1. The van der Waals surface area contributed by atoms with Gasteiger partial charge in [-0.25, -0.2) is 0 Å². The van der Waals surface area contributed by atoms with Crippen molar-refractivity contribution in [2.75, 3.05) is 26.7 Å². The highest BCUT2D eigenvalue weighted by atomic mass is 16.5. The van der Waals surface area contributed by atoms with Crippen LogP contribution in [0.5, 0.6) is 0 Å².